The molecule has 0 radical (unpaired) electrons. The summed E-state index contributed by atoms with van der Waals surface area (Å²) in [6.07, 6.45) is 9.98. The largest absolute Gasteiger partial charge is 0.310 e. The van der Waals surface area contributed by atoms with E-state index in [0.29, 0.717) is 5.54 Å². The molecular formula is C16H30N2. The van der Waals surface area contributed by atoms with Gasteiger partial charge in [-0.05, 0) is 69.4 Å². The van der Waals surface area contributed by atoms with Crippen molar-refractivity contribution in [2.75, 3.05) is 26.2 Å². The quantitative estimate of drug-likeness (QED) is 0.807. The van der Waals surface area contributed by atoms with Gasteiger partial charge in [-0.2, -0.15) is 0 Å². The van der Waals surface area contributed by atoms with Crippen LogP contribution in [-0.4, -0.2) is 36.6 Å². The summed E-state index contributed by atoms with van der Waals surface area (Å²) < 4.78 is 0. The van der Waals surface area contributed by atoms with Crippen molar-refractivity contribution in [2.24, 2.45) is 11.3 Å². The minimum Gasteiger partial charge on any atom is -0.310 e. The van der Waals surface area contributed by atoms with Crippen LogP contribution in [0.1, 0.15) is 58.8 Å². The highest BCUT2D eigenvalue weighted by molar-refractivity contribution is 5.06. The van der Waals surface area contributed by atoms with Crippen LogP contribution in [0.15, 0.2) is 0 Å². The van der Waals surface area contributed by atoms with E-state index in [1.165, 1.54) is 71.1 Å². The number of hydrogen-bond donors (Lipinski definition) is 1. The molecule has 1 N–H and O–H groups in total. The second-order valence-corrected chi connectivity index (χ2v) is 7.12. The van der Waals surface area contributed by atoms with Crippen LogP contribution in [0.3, 0.4) is 0 Å². The summed E-state index contributed by atoms with van der Waals surface area (Å²) in [5.74, 6) is 1.10. The Morgan fingerprint density at radius 2 is 1.89 bits per heavy atom. The average Bonchev–Trinajstić information content (AvgIpc) is 3.24. The summed E-state index contributed by atoms with van der Waals surface area (Å²) in [5.41, 5.74) is 1.17. The maximum Gasteiger partial charge on any atom is 0.0303 e. The highest BCUT2D eigenvalue weighted by Gasteiger charge is 2.54. The van der Waals surface area contributed by atoms with Crippen LogP contribution >= 0.6 is 0 Å². The molecule has 0 spiro atoms. The van der Waals surface area contributed by atoms with E-state index in [-0.39, 0.29) is 0 Å². The van der Waals surface area contributed by atoms with Crippen molar-refractivity contribution in [2.45, 2.75) is 64.3 Å². The molecule has 1 heterocycles. The van der Waals surface area contributed by atoms with Crippen molar-refractivity contribution in [1.82, 2.24) is 10.2 Å². The van der Waals surface area contributed by atoms with E-state index >= 15 is 0 Å². The molecule has 0 aromatic carbocycles. The Hall–Kier alpha value is -0.0800. The summed E-state index contributed by atoms with van der Waals surface area (Å²) in [5, 5.41) is 3.83. The first-order chi connectivity index (χ1) is 8.72. The van der Waals surface area contributed by atoms with Crippen LogP contribution in [0.25, 0.3) is 0 Å². The van der Waals surface area contributed by atoms with Crippen LogP contribution < -0.4 is 5.32 Å². The average molecular weight is 250 g/mol. The van der Waals surface area contributed by atoms with Gasteiger partial charge in [0.2, 0.25) is 0 Å². The van der Waals surface area contributed by atoms with Gasteiger partial charge in [0.1, 0.15) is 0 Å². The van der Waals surface area contributed by atoms with E-state index in [0.717, 1.165) is 11.3 Å². The Morgan fingerprint density at radius 3 is 2.44 bits per heavy atom. The summed E-state index contributed by atoms with van der Waals surface area (Å²) in [7, 11) is 0. The van der Waals surface area contributed by atoms with Gasteiger partial charge < -0.3 is 10.2 Å². The van der Waals surface area contributed by atoms with E-state index < -0.39 is 0 Å². The van der Waals surface area contributed by atoms with E-state index in [1.807, 2.05) is 0 Å². The highest BCUT2D eigenvalue weighted by Crippen LogP contribution is 2.61. The molecule has 0 aromatic rings. The van der Waals surface area contributed by atoms with Gasteiger partial charge in [-0.3, -0.25) is 0 Å². The van der Waals surface area contributed by atoms with E-state index in [4.69, 9.17) is 0 Å². The molecule has 2 heteroatoms. The molecule has 1 aliphatic heterocycles. The molecule has 2 nitrogen and oxygen atoms in total. The maximum atomic E-state index is 3.83. The standard InChI is InChI=1S/C16H30N2/c1-3-16(4-2)13-18(11-5-10-17-16)12-15(8-9-15)14-6-7-14/h14,17H,3-13H2,1-2H3. The summed E-state index contributed by atoms with van der Waals surface area (Å²) in [6, 6.07) is 0. The lowest BCUT2D eigenvalue weighted by molar-refractivity contribution is 0.159. The SMILES string of the molecule is CCC1(CC)CN(CC2(C3CC3)CC2)CCCN1. The van der Waals surface area contributed by atoms with E-state index in [9.17, 15) is 0 Å². The minimum absolute atomic E-state index is 0.399. The Bertz CT molecular complexity index is 287. The van der Waals surface area contributed by atoms with Crippen LogP contribution in [0.2, 0.25) is 0 Å². The molecule has 3 aliphatic rings. The third-order valence-electron chi connectivity index (χ3n) is 5.91. The van der Waals surface area contributed by atoms with Crippen molar-refractivity contribution < 1.29 is 0 Å². The molecule has 3 rings (SSSR count). The van der Waals surface area contributed by atoms with Gasteiger partial charge in [-0.1, -0.05) is 13.8 Å². The normalized spacial score (nSPS) is 31.0. The molecule has 0 atom stereocenters. The summed E-state index contributed by atoms with van der Waals surface area (Å²) in [4.78, 5) is 2.80. The third kappa shape index (κ3) is 2.46. The smallest absolute Gasteiger partial charge is 0.0303 e. The van der Waals surface area contributed by atoms with Crippen molar-refractivity contribution in [3.63, 3.8) is 0 Å². The predicted octanol–water partition coefficient (Wildman–Crippen LogP) is 3.03. The molecule has 3 fully saturated rings. The van der Waals surface area contributed by atoms with Crippen molar-refractivity contribution >= 4 is 0 Å². The van der Waals surface area contributed by atoms with Gasteiger partial charge in [0, 0.05) is 18.6 Å². The molecule has 18 heavy (non-hydrogen) atoms. The monoisotopic (exact) mass is 250 g/mol. The Morgan fingerprint density at radius 1 is 1.17 bits per heavy atom. The first kappa shape index (κ1) is 12.9. The first-order valence-electron chi connectivity index (χ1n) is 8.19. The molecular weight excluding hydrogens is 220 g/mol. The Balaban J connectivity index is 1.63. The number of rotatable bonds is 5. The first-order valence-corrected chi connectivity index (χ1v) is 8.19. The van der Waals surface area contributed by atoms with Gasteiger partial charge in [-0.25, -0.2) is 0 Å². The number of nitrogens with zero attached hydrogens (tertiary/aromatic N) is 1. The number of nitrogens with one attached hydrogen (secondary N) is 1. The van der Waals surface area contributed by atoms with Crippen molar-refractivity contribution in [3.05, 3.63) is 0 Å². The van der Waals surface area contributed by atoms with Gasteiger partial charge in [0.05, 0.1) is 0 Å². The van der Waals surface area contributed by atoms with E-state index in [1.54, 1.807) is 0 Å². The molecule has 0 bridgehead atoms. The lowest BCUT2D eigenvalue weighted by Gasteiger charge is -2.37. The third-order valence-corrected chi connectivity index (χ3v) is 5.91. The lowest BCUT2D eigenvalue weighted by Crippen LogP contribution is -2.51. The fourth-order valence-corrected chi connectivity index (χ4v) is 4.07. The molecule has 2 aliphatic carbocycles. The van der Waals surface area contributed by atoms with Gasteiger partial charge in [-0.15, -0.1) is 0 Å². The molecule has 0 aromatic heterocycles. The molecule has 0 amide bonds. The van der Waals surface area contributed by atoms with E-state index in [2.05, 4.69) is 24.1 Å². The Kier molecular flexibility index (Phi) is 3.44. The fourth-order valence-electron chi connectivity index (χ4n) is 4.07. The summed E-state index contributed by atoms with van der Waals surface area (Å²) >= 11 is 0. The summed E-state index contributed by atoms with van der Waals surface area (Å²) in [6.45, 7) is 9.94. The zero-order valence-electron chi connectivity index (χ0n) is 12.3. The lowest BCUT2D eigenvalue weighted by atomic mass is 9.91. The second-order valence-electron chi connectivity index (χ2n) is 7.12. The molecule has 1 saturated heterocycles. The predicted molar refractivity (Wildman–Crippen MR) is 76.8 cm³/mol. The second kappa shape index (κ2) is 4.79. The van der Waals surface area contributed by atoms with Crippen LogP contribution in [0.4, 0.5) is 0 Å². The van der Waals surface area contributed by atoms with Crippen molar-refractivity contribution in [1.29, 1.82) is 0 Å². The fraction of sp³-hybridized carbons (Fsp3) is 1.00. The van der Waals surface area contributed by atoms with Crippen LogP contribution in [0.5, 0.6) is 0 Å². The highest BCUT2D eigenvalue weighted by atomic mass is 15.2. The zero-order chi connectivity index (χ0) is 12.6. The Labute approximate surface area is 113 Å². The van der Waals surface area contributed by atoms with Gasteiger partial charge in [0.15, 0.2) is 0 Å². The minimum atomic E-state index is 0.399. The maximum absolute atomic E-state index is 3.83. The van der Waals surface area contributed by atoms with Crippen molar-refractivity contribution in [3.8, 4) is 0 Å². The number of hydrogen-bond acceptors (Lipinski definition) is 2. The molecule has 104 valence electrons. The van der Waals surface area contributed by atoms with Crippen LogP contribution in [0, 0.1) is 11.3 Å². The topological polar surface area (TPSA) is 15.3 Å². The van der Waals surface area contributed by atoms with Gasteiger partial charge >= 0.3 is 0 Å². The zero-order valence-corrected chi connectivity index (χ0v) is 12.3. The molecule has 0 unspecified atom stereocenters. The van der Waals surface area contributed by atoms with Gasteiger partial charge in [0.25, 0.3) is 0 Å². The van der Waals surface area contributed by atoms with Crippen LogP contribution in [-0.2, 0) is 0 Å². The molecule has 2 saturated carbocycles.